The summed E-state index contributed by atoms with van der Waals surface area (Å²) in [7, 11) is 0. The van der Waals surface area contributed by atoms with E-state index in [0.29, 0.717) is 0 Å². The molecule has 0 aliphatic rings. The van der Waals surface area contributed by atoms with Crippen molar-refractivity contribution in [3.05, 3.63) is 42.2 Å². The van der Waals surface area contributed by atoms with Crippen LogP contribution in [0.1, 0.15) is 5.56 Å². The number of anilines is 3. The molecule has 1 aromatic heterocycles. The van der Waals surface area contributed by atoms with Crippen molar-refractivity contribution in [2.45, 2.75) is 6.42 Å². The summed E-state index contributed by atoms with van der Waals surface area (Å²) in [6.07, 6.45) is 1.49. The average molecular weight is 243 g/mol. The Morgan fingerprint density at radius 3 is 2.33 bits per heavy atom. The molecule has 0 aliphatic carbocycles. The molecule has 2 rings (SSSR count). The van der Waals surface area contributed by atoms with Gasteiger partial charge in [0.05, 0.1) is 6.42 Å². The summed E-state index contributed by atoms with van der Waals surface area (Å²) in [5.74, 6) is 0.0993. The topological polar surface area (TPSA) is 107 Å². The van der Waals surface area contributed by atoms with Gasteiger partial charge in [0.15, 0.2) is 11.6 Å². The molecule has 0 fully saturated rings. The maximum absolute atomic E-state index is 11.8. The van der Waals surface area contributed by atoms with Crippen molar-refractivity contribution in [3.8, 4) is 0 Å². The molecule has 0 unspecified atom stereocenters. The van der Waals surface area contributed by atoms with Gasteiger partial charge in [0.2, 0.25) is 5.91 Å². The van der Waals surface area contributed by atoms with Gasteiger partial charge in [0, 0.05) is 0 Å². The normalized spacial score (nSPS) is 10.0. The van der Waals surface area contributed by atoms with Crippen LogP contribution in [0.2, 0.25) is 0 Å². The Hall–Kier alpha value is -2.63. The Balaban J connectivity index is 2.08. The maximum atomic E-state index is 11.8. The smallest absolute Gasteiger partial charge is 0.228 e. The first-order valence-corrected chi connectivity index (χ1v) is 5.36. The number of nitrogen functional groups attached to an aromatic ring is 2. The second-order valence-corrected chi connectivity index (χ2v) is 3.73. The second-order valence-electron chi connectivity index (χ2n) is 3.73. The number of amides is 1. The SMILES string of the molecule is Nc1ncnc(N)c1NC(=O)Cc1ccccc1. The summed E-state index contributed by atoms with van der Waals surface area (Å²) in [5, 5.41) is 2.61. The summed E-state index contributed by atoms with van der Waals surface area (Å²) in [6.45, 7) is 0. The molecule has 0 saturated heterocycles. The van der Waals surface area contributed by atoms with Gasteiger partial charge in [0.1, 0.15) is 12.0 Å². The highest BCUT2D eigenvalue weighted by Gasteiger charge is 2.10. The van der Waals surface area contributed by atoms with Gasteiger partial charge in [-0.05, 0) is 5.56 Å². The number of carbonyl (C=O) groups is 1. The standard InChI is InChI=1S/C12H13N5O/c13-11-10(12(14)16-7-15-11)17-9(18)6-8-4-2-1-3-5-8/h1-5,7H,6H2,(H,17,18)(H4,13,14,15,16). The van der Waals surface area contributed by atoms with E-state index in [-0.39, 0.29) is 29.7 Å². The first-order chi connectivity index (χ1) is 8.66. The Morgan fingerprint density at radius 2 is 1.72 bits per heavy atom. The van der Waals surface area contributed by atoms with Crippen LogP contribution in [-0.4, -0.2) is 15.9 Å². The van der Waals surface area contributed by atoms with E-state index >= 15 is 0 Å². The lowest BCUT2D eigenvalue weighted by molar-refractivity contribution is -0.115. The molecule has 6 nitrogen and oxygen atoms in total. The molecular weight excluding hydrogens is 230 g/mol. The van der Waals surface area contributed by atoms with E-state index in [9.17, 15) is 4.79 Å². The zero-order chi connectivity index (χ0) is 13.0. The van der Waals surface area contributed by atoms with Crippen molar-refractivity contribution in [3.63, 3.8) is 0 Å². The van der Waals surface area contributed by atoms with Crippen LogP contribution in [-0.2, 0) is 11.2 Å². The number of aromatic nitrogens is 2. The molecule has 0 radical (unpaired) electrons. The van der Waals surface area contributed by atoms with Gasteiger partial charge in [-0.25, -0.2) is 9.97 Å². The first-order valence-electron chi connectivity index (χ1n) is 5.36. The summed E-state index contributed by atoms with van der Waals surface area (Å²) < 4.78 is 0. The lowest BCUT2D eigenvalue weighted by Gasteiger charge is -2.08. The fraction of sp³-hybridized carbons (Fsp3) is 0.0833. The summed E-state index contributed by atoms with van der Waals surface area (Å²) in [5.41, 5.74) is 12.4. The van der Waals surface area contributed by atoms with E-state index in [0.717, 1.165) is 5.56 Å². The van der Waals surface area contributed by atoms with Gasteiger partial charge in [-0.3, -0.25) is 4.79 Å². The minimum absolute atomic E-state index is 0.156. The number of hydrogen-bond acceptors (Lipinski definition) is 5. The predicted octanol–water partition coefficient (Wildman–Crippen LogP) is 0.822. The molecule has 92 valence electrons. The van der Waals surface area contributed by atoms with Crippen LogP contribution in [0.15, 0.2) is 36.7 Å². The molecule has 1 amide bonds. The zero-order valence-electron chi connectivity index (χ0n) is 9.63. The molecule has 0 spiro atoms. The van der Waals surface area contributed by atoms with E-state index in [1.807, 2.05) is 30.3 Å². The van der Waals surface area contributed by atoms with E-state index in [4.69, 9.17) is 11.5 Å². The second kappa shape index (κ2) is 5.13. The third-order valence-corrected chi connectivity index (χ3v) is 2.38. The number of hydrogen-bond donors (Lipinski definition) is 3. The summed E-state index contributed by atoms with van der Waals surface area (Å²) >= 11 is 0. The molecule has 0 atom stereocenters. The Labute approximate surface area is 104 Å². The average Bonchev–Trinajstić information content (AvgIpc) is 2.35. The maximum Gasteiger partial charge on any atom is 0.228 e. The minimum atomic E-state index is -0.214. The van der Waals surface area contributed by atoms with E-state index in [1.165, 1.54) is 6.33 Å². The third kappa shape index (κ3) is 2.73. The Morgan fingerprint density at radius 1 is 1.11 bits per heavy atom. The van der Waals surface area contributed by atoms with Gasteiger partial charge < -0.3 is 16.8 Å². The Kier molecular flexibility index (Phi) is 3.38. The number of benzene rings is 1. The highest BCUT2D eigenvalue weighted by atomic mass is 16.1. The predicted molar refractivity (Wildman–Crippen MR) is 69.6 cm³/mol. The molecule has 0 bridgehead atoms. The fourth-order valence-corrected chi connectivity index (χ4v) is 1.51. The summed E-state index contributed by atoms with van der Waals surface area (Å²) in [4.78, 5) is 19.4. The molecule has 0 aliphatic heterocycles. The quantitative estimate of drug-likeness (QED) is 0.739. The molecule has 6 heteroatoms. The van der Waals surface area contributed by atoms with Gasteiger partial charge in [-0.2, -0.15) is 0 Å². The van der Waals surface area contributed by atoms with Crippen molar-refractivity contribution in [1.29, 1.82) is 0 Å². The minimum Gasteiger partial charge on any atom is -0.382 e. The van der Waals surface area contributed by atoms with Crippen LogP contribution < -0.4 is 16.8 Å². The highest BCUT2D eigenvalue weighted by Crippen LogP contribution is 2.20. The van der Waals surface area contributed by atoms with Crippen LogP contribution in [0.4, 0.5) is 17.3 Å². The van der Waals surface area contributed by atoms with Crippen LogP contribution in [0, 0.1) is 0 Å². The van der Waals surface area contributed by atoms with Crippen LogP contribution in [0.3, 0.4) is 0 Å². The van der Waals surface area contributed by atoms with Crippen molar-refractivity contribution in [1.82, 2.24) is 9.97 Å². The van der Waals surface area contributed by atoms with Crippen LogP contribution in [0.25, 0.3) is 0 Å². The lowest BCUT2D eigenvalue weighted by atomic mass is 10.1. The van der Waals surface area contributed by atoms with Crippen LogP contribution in [0.5, 0.6) is 0 Å². The molecule has 5 N–H and O–H groups in total. The van der Waals surface area contributed by atoms with Crippen molar-refractivity contribution >= 4 is 23.2 Å². The highest BCUT2D eigenvalue weighted by molar-refractivity contribution is 5.97. The number of nitrogens with one attached hydrogen (secondary N) is 1. The van der Waals surface area contributed by atoms with E-state index < -0.39 is 0 Å². The molecule has 2 aromatic rings. The lowest BCUT2D eigenvalue weighted by Crippen LogP contribution is -2.17. The molecule has 18 heavy (non-hydrogen) atoms. The third-order valence-electron chi connectivity index (χ3n) is 2.38. The van der Waals surface area contributed by atoms with Crippen LogP contribution >= 0.6 is 0 Å². The summed E-state index contributed by atoms with van der Waals surface area (Å²) in [6, 6.07) is 9.37. The molecular formula is C12H13N5O. The van der Waals surface area contributed by atoms with Gasteiger partial charge >= 0.3 is 0 Å². The van der Waals surface area contributed by atoms with Gasteiger partial charge in [0.25, 0.3) is 0 Å². The Bertz CT molecular complexity index is 535. The fourth-order valence-electron chi connectivity index (χ4n) is 1.51. The number of carbonyl (C=O) groups excluding carboxylic acids is 1. The first kappa shape index (κ1) is 11.8. The molecule has 1 aromatic carbocycles. The van der Waals surface area contributed by atoms with Crippen molar-refractivity contribution in [2.75, 3.05) is 16.8 Å². The largest absolute Gasteiger partial charge is 0.382 e. The number of nitrogens with two attached hydrogens (primary N) is 2. The monoisotopic (exact) mass is 243 g/mol. The van der Waals surface area contributed by atoms with Gasteiger partial charge in [-0.15, -0.1) is 0 Å². The van der Waals surface area contributed by atoms with E-state index in [2.05, 4.69) is 15.3 Å². The number of nitrogens with zero attached hydrogens (tertiary/aromatic N) is 2. The molecule has 0 saturated carbocycles. The van der Waals surface area contributed by atoms with E-state index in [1.54, 1.807) is 0 Å². The van der Waals surface area contributed by atoms with Crippen molar-refractivity contribution < 1.29 is 4.79 Å². The zero-order valence-corrected chi connectivity index (χ0v) is 9.63. The van der Waals surface area contributed by atoms with Gasteiger partial charge in [-0.1, -0.05) is 30.3 Å². The molecule has 1 heterocycles. The van der Waals surface area contributed by atoms with Crippen molar-refractivity contribution in [2.24, 2.45) is 0 Å². The number of rotatable bonds is 3.